The largest absolute Gasteiger partial charge is 0.427 e. The molecule has 2 heterocycles. The molecular weight excluding hydrogens is 329 g/mol. The molecule has 2 aliphatic carbocycles. The lowest BCUT2D eigenvalue weighted by Gasteiger charge is -2.35. The Hall–Kier alpha value is -1.57. The van der Waals surface area contributed by atoms with E-state index in [4.69, 9.17) is 9.05 Å². The highest BCUT2D eigenvalue weighted by atomic mass is 31.2. The zero-order valence-corrected chi connectivity index (χ0v) is 15.2. The summed E-state index contributed by atoms with van der Waals surface area (Å²) in [4.78, 5) is 0. The highest BCUT2D eigenvalue weighted by molar-refractivity contribution is 7.45. The molecule has 4 aliphatic rings. The maximum Gasteiger partial charge on any atom is 0.384 e. The average molecular weight is 351 g/mol. The van der Waals surface area contributed by atoms with Gasteiger partial charge in [-0.3, -0.25) is 0 Å². The van der Waals surface area contributed by atoms with Gasteiger partial charge < -0.3 is 9.05 Å². The van der Waals surface area contributed by atoms with E-state index in [1.165, 1.54) is 47.9 Å². The molecule has 1 spiro atoms. The first-order chi connectivity index (χ1) is 12.4. The molecule has 4 heteroatoms. The van der Waals surface area contributed by atoms with Gasteiger partial charge in [0.05, 0.1) is 0 Å². The minimum Gasteiger partial charge on any atom is -0.427 e. The van der Waals surface area contributed by atoms with E-state index in [2.05, 4.69) is 41.1 Å². The van der Waals surface area contributed by atoms with Gasteiger partial charge >= 0.3 is 8.53 Å². The van der Waals surface area contributed by atoms with Crippen LogP contribution in [0.25, 0.3) is 0 Å². The molecule has 1 saturated heterocycles. The van der Waals surface area contributed by atoms with Gasteiger partial charge in [-0.05, 0) is 61.8 Å². The lowest BCUT2D eigenvalue weighted by atomic mass is 9.76. The molecule has 6 rings (SSSR count). The third-order valence-electron chi connectivity index (χ3n) is 6.49. The molecule has 3 nitrogen and oxygen atoms in total. The summed E-state index contributed by atoms with van der Waals surface area (Å²) in [6.07, 6.45) is 7.18. The van der Waals surface area contributed by atoms with E-state index in [0.29, 0.717) is 0 Å². The van der Waals surface area contributed by atoms with Gasteiger partial charge in [0.25, 0.3) is 0 Å². The summed E-state index contributed by atoms with van der Waals surface area (Å²) >= 11 is 0. The first kappa shape index (κ1) is 14.6. The van der Waals surface area contributed by atoms with Crippen LogP contribution in [0.1, 0.15) is 47.9 Å². The zero-order chi connectivity index (χ0) is 16.4. The molecule has 0 bridgehead atoms. The zero-order valence-electron chi connectivity index (χ0n) is 14.3. The van der Waals surface area contributed by atoms with Gasteiger partial charge in [0.1, 0.15) is 11.5 Å². The first-order valence-electron chi connectivity index (χ1n) is 9.51. The van der Waals surface area contributed by atoms with Crippen LogP contribution in [0.2, 0.25) is 0 Å². The van der Waals surface area contributed by atoms with E-state index in [0.717, 1.165) is 37.4 Å². The van der Waals surface area contributed by atoms with Crippen molar-refractivity contribution in [2.24, 2.45) is 0 Å². The van der Waals surface area contributed by atoms with Crippen molar-refractivity contribution in [3.8, 4) is 11.5 Å². The molecule has 128 valence electrons. The lowest BCUT2D eigenvalue weighted by molar-refractivity contribution is 0.368. The number of aryl methyl sites for hydroxylation is 2. The second kappa shape index (κ2) is 5.22. The highest BCUT2D eigenvalue weighted by Gasteiger charge is 2.50. The van der Waals surface area contributed by atoms with Crippen molar-refractivity contribution in [1.29, 1.82) is 0 Å². The Bertz CT molecular complexity index is 795. The van der Waals surface area contributed by atoms with Gasteiger partial charge in [-0.15, -0.1) is 0 Å². The van der Waals surface area contributed by atoms with E-state index in [9.17, 15) is 0 Å². The topological polar surface area (TPSA) is 21.7 Å². The molecule has 2 aromatic carbocycles. The third-order valence-corrected chi connectivity index (χ3v) is 8.06. The third kappa shape index (κ3) is 1.94. The smallest absolute Gasteiger partial charge is 0.384 e. The number of hydrogen-bond acceptors (Lipinski definition) is 3. The van der Waals surface area contributed by atoms with Crippen LogP contribution in [0.3, 0.4) is 0 Å². The van der Waals surface area contributed by atoms with Crippen molar-refractivity contribution in [2.75, 3.05) is 13.1 Å². The van der Waals surface area contributed by atoms with Gasteiger partial charge in [-0.1, -0.05) is 24.3 Å². The lowest BCUT2D eigenvalue weighted by Crippen LogP contribution is -2.27. The Morgan fingerprint density at radius 2 is 1.36 bits per heavy atom. The summed E-state index contributed by atoms with van der Waals surface area (Å²) < 4.78 is 15.6. The summed E-state index contributed by atoms with van der Waals surface area (Å²) in [6.45, 7) is 2.17. The van der Waals surface area contributed by atoms with Gasteiger partial charge in [0.15, 0.2) is 0 Å². The minimum absolute atomic E-state index is 0.115. The fourth-order valence-electron chi connectivity index (χ4n) is 5.42. The maximum atomic E-state index is 6.59. The fraction of sp³-hybridized carbons (Fsp3) is 0.429. The first-order valence-corrected chi connectivity index (χ1v) is 10.6. The van der Waals surface area contributed by atoms with Crippen LogP contribution in [0.4, 0.5) is 0 Å². The van der Waals surface area contributed by atoms with Crippen molar-refractivity contribution >= 4 is 8.53 Å². The molecule has 25 heavy (non-hydrogen) atoms. The normalized spacial score (nSPS) is 23.4. The van der Waals surface area contributed by atoms with Crippen molar-refractivity contribution in [3.63, 3.8) is 0 Å². The van der Waals surface area contributed by atoms with Crippen LogP contribution in [-0.4, -0.2) is 17.8 Å². The molecule has 0 saturated carbocycles. The predicted molar refractivity (Wildman–Crippen MR) is 99.3 cm³/mol. The fourth-order valence-corrected chi connectivity index (χ4v) is 6.94. The number of nitrogens with zero attached hydrogens (tertiary/aromatic N) is 1. The van der Waals surface area contributed by atoms with Crippen molar-refractivity contribution < 1.29 is 9.05 Å². The Morgan fingerprint density at radius 3 is 1.92 bits per heavy atom. The van der Waals surface area contributed by atoms with Gasteiger partial charge in [0, 0.05) is 29.6 Å². The second-order valence-corrected chi connectivity index (χ2v) is 9.15. The van der Waals surface area contributed by atoms with Crippen molar-refractivity contribution in [2.45, 2.75) is 43.9 Å². The highest BCUT2D eigenvalue weighted by Crippen LogP contribution is 2.62. The molecule has 2 aliphatic heterocycles. The van der Waals surface area contributed by atoms with Crippen LogP contribution >= 0.6 is 8.53 Å². The van der Waals surface area contributed by atoms with Crippen molar-refractivity contribution in [1.82, 2.24) is 4.67 Å². The number of hydrogen-bond donors (Lipinski definition) is 0. The second-order valence-electron chi connectivity index (χ2n) is 7.74. The van der Waals surface area contributed by atoms with Crippen LogP contribution in [0.15, 0.2) is 36.4 Å². The molecular formula is C21H22NO2P. The van der Waals surface area contributed by atoms with E-state index < -0.39 is 8.53 Å². The van der Waals surface area contributed by atoms with Crippen LogP contribution < -0.4 is 9.05 Å². The van der Waals surface area contributed by atoms with Crippen LogP contribution in [0, 0.1) is 0 Å². The Labute approximate surface area is 149 Å². The van der Waals surface area contributed by atoms with E-state index in [1.54, 1.807) is 0 Å². The summed E-state index contributed by atoms with van der Waals surface area (Å²) in [5.74, 6) is 2.16. The molecule has 0 unspecified atom stereocenters. The Morgan fingerprint density at radius 1 is 0.800 bits per heavy atom. The summed E-state index contributed by atoms with van der Waals surface area (Å²) in [5, 5.41) is 0. The van der Waals surface area contributed by atoms with E-state index in [-0.39, 0.29) is 5.41 Å². The Kier molecular flexibility index (Phi) is 3.04. The monoisotopic (exact) mass is 351 g/mol. The molecule has 1 fully saturated rings. The van der Waals surface area contributed by atoms with Crippen LogP contribution in [-0.2, 0) is 18.3 Å². The summed E-state index contributed by atoms with van der Waals surface area (Å²) in [7, 11) is -1.07. The van der Waals surface area contributed by atoms with Crippen LogP contribution in [0.5, 0.6) is 11.5 Å². The number of benzene rings is 2. The molecule has 0 N–H and O–H groups in total. The minimum atomic E-state index is -1.07. The van der Waals surface area contributed by atoms with E-state index in [1.807, 2.05) is 0 Å². The summed E-state index contributed by atoms with van der Waals surface area (Å²) in [5.41, 5.74) is 6.02. The molecule has 0 aromatic heterocycles. The Balaban J connectivity index is 1.59. The molecule has 0 atom stereocenters. The van der Waals surface area contributed by atoms with Crippen molar-refractivity contribution in [3.05, 3.63) is 58.7 Å². The quantitative estimate of drug-likeness (QED) is 0.678. The standard InChI is InChI=1S/C21H22NO2P/c1-2-14-22(13-1)25-23-17-7-3-5-15-9-11-21(19(15)17)12-10-16-6-4-8-18(24-25)20(16)21/h3-8H,1-2,9-14H2. The number of rotatable bonds is 1. The molecule has 2 aromatic rings. The predicted octanol–water partition coefficient (Wildman–Crippen LogP) is 4.96. The van der Waals surface area contributed by atoms with Gasteiger partial charge in [0.2, 0.25) is 0 Å². The van der Waals surface area contributed by atoms with Gasteiger partial charge in [-0.25, -0.2) is 4.67 Å². The molecule has 0 amide bonds. The van der Waals surface area contributed by atoms with E-state index >= 15 is 0 Å². The molecule has 0 radical (unpaired) electrons. The SMILES string of the molecule is c1cc2c3c(c1)OP(N1CCCC1)Oc1cccc4c1C3(CC2)CC4. The average Bonchev–Trinajstić information content (AvgIpc) is 3.35. The summed E-state index contributed by atoms with van der Waals surface area (Å²) in [6, 6.07) is 13.3. The van der Waals surface area contributed by atoms with Gasteiger partial charge in [-0.2, -0.15) is 0 Å². The maximum absolute atomic E-state index is 6.59.